The van der Waals surface area contributed by atoms with Crippen LogP contribution in [-0.4, -0.2) is 24.4 Å². The highest BCUT2D eigenvalue weighted by Gasteiger charge is 2.24. The number of aryl methyl sites for hydroxylation is 1. The summed E-state index contributed by atoms with van der Waals surface area (Å²) in [6, 6.07) is 5.65. The van der Waals surface area contributed by atoms with Gasteiger partial charge in [-0.1, -0.05) is 13.0 Å². The number of nitrogens with two attached hydrogens (primary N) is 1. The van der Waals surface area contributed by atoms with E-state index in [1.54, 1.807) is 19.1 Å². The molecule has 0 aromatic heterocycles. The Morgan fingerprint density at radius 1 is 1.38 bits per heavy atom. The van der Waals surface area contributed by atoms with Gasteiger partial charge >= 0.3 is 0 Å². The van der Waals surface area contributed by atoms with Crippen LogP contribution in [0.2, 0.25) is 0 Å². The highest BCUT2D eigenvalue weighted by molar-refractivity contribution is 5.98. The van der Waals surface area contributed by atoms with Gasteiger partial charge in [-0.25, -0.2) is 0 Å². The maximum absolute atomic E-state index is 12.0. The number of hydrogen-bond acceptors (Lipinski definition) is 3. The maximum Gasteiger partial charge on any atom is 0.251 e. The van der Waals surface area contributed by atoms with Crippen LogP contribution in [0.15, 0.2) is 18.2 Å². The quantitative estimate of drug-likeness (QED) is 0.776. The van der Waals surface area contributed by atoms with E-state index < -0.39 is 0 Å². The number of rotatable bonds is 5. The first-order chi connectivity index (χ1) is 9.51. The number of benzene rings is 1. The van der Waals surface area contributed by atoms with Gasteiger partial charge in [-0.05, 0) is 37.5 Å². The molecule has 0 spiro atoms. The number of carbonyl (C=O) groups is 2. The molecule has 0 saturated heterocycles. The second-order valence-corrected chi connectivity index (χ2v) is 5.40. The molecule has 1 aliphatic rings. The second-order valence-electron chi connectivity index (χ2n) is 5.40. The van der Waals surface area contributed by atoms with E-state index in [9.17, 15) is 9.59 Å². The van der Waals surface area contributed by atoms with Gasteiger partial charge in [0.2, 0.25) is 5.91 Å². The predicted molar refractivity (Wildman–Crippen MR) is 85.8 cm³/mol. The standard InChI is InChI=1S/C15H21N3O2.ClH/c1-9-3-4-11(15(20)17-12-5-6-12)7-13(9)18-14(19)10(2)8-16;/h3-4,7,10,12H,5-6,8,16H2,1-2H3,(H,17,20)(H,18,19);1H. The van der Waals surface area contributed by atoms with Crippen LogP contribution >= 0.6 is 12.4 Å². The molecule has 2 rings (SSSR count). The van der Waals surface area contributed by atoms with Crippen molar-refractivity contribution >= 4 is 29.9 Å². The highest BCUT2D eigenvalue weighted by atomic mass is 35.5. The van der Waals surface area contributed by atoms with Gasteiger partial charge in [0.05, 0.1) is 0 Å². The highest BCUT2D eigenvalue weighted by Crippen LogP contribution is 2.21. The zero-order valence-corrected chi connectivity index (χ0v) is 13.1. The molecule has 5 nitrogen and oxygen atoms in total. The van der Waals surface area contributed by atoms with Crippen LogP contribution in [0.1, 0.15) is 35.7 Å². The Balaban J connectivity index is 0.00000220. The number of amides is 2. The van der Waals surface area contributed by atoms with Crippen molar-refractivity contribution in [1.29, 1.82) is 0 Å². The molecule has 0 radical (unpaired) electrons. The van der Waals surface area contributed by atoms with Crippen molar-refractivity contribution in [2.75, 3.05) is 11.9 Å². The maximum atomic E-state index is 12.0. The van der Waals surface area contributed by atoms with Crippen LogP contribution < -0.4 is 16.4 Å². The van der Waals surface area contributed by atoms with Crippen LogP contribution in [-0.2, 0) is 4.79 Å². The summed E-state index contributed by atoms with van der Waals surface area (Å²) in [6.45, 7) is 3.96. The zero-order chi connectivity index (χ0) is 14.7. The van der Waals surface area contributed by atoms with Gasteiger partial charge in [-0.2, -0.15) is 0 Å². The van der Waals surface area contributed by atoms with Gasteiger partial charge in [-0.3, -0.25) is 9.59 Å². The monoisotopic (exact) mass is 311 g/mol. The summed E-state index contributed by atoms with van der Waals surface area (Å²) in [5.74, 6) is -0.469. The summed E-state index contributed by atoms with van der Waals surface area (Å²) in [4.78, 5) is 23.9. The van der Waals surface area contributed by atoms with E-state index in [-0.39, 0.29) is 30.1 Å². The topological polar surface area (TPSA) is 84.2 Å². The van der Waals surface area contributed by atoms with Crippen molar-refractivity contribution in [3.8, 4) is 0 Å². The minimum absolute atomic E-state index is 0. The molecule has 0 aliphatic heterocycles. The van der Waals surface area contributed by atoms with Crippen LogP contribution in [0.4, 0.5) is 5.69 Å². The van der Waals surface area contributed by atoms with Gasteiger partial charge < -0.3 is 16.4 Å². The third kappa shape index (κ3) is 4.72. The Morgan fingerprint density at radius 3 is 2.62 bits per heavy atom. The van der Waals surface area contributed by atoms with Crippen LogP contribution in [0.5, 0.6) is 0 Å². The van der Waals surface area contributed by atoms with Gasteiger partial charge in [0.1, 0.15) is 0 Å². The molecule has 1 saturated carbocycles. The molecule has 6 heteroatoms. The van der Waals surface area contributed by atoms with Gasteiger partial charge in [0.15, 0.2) is 0 Å². The average molecular weight is 312 g/mol. The molecule has 21 heavy (non-hydrogen) atoms. The number of nitrogens with one attached hydrogen (secondary N) is 2. The summed E-state index contributed by atoms with van der Waals surface area (Å²) in [5, 5.41) is 5.76. The third-order valence-corrected chi connectivity index (χ3v) is 3.47. The summed E-state index contributed by atoms with van der Waals surface area (Å²) in [7, 11) is 0. The summed E-state index contributed by atoms with van der Waals surface area (Å²) < 4.78 is 0. The minimum atomic E-state index is -0.252. The van der Waals surface area contributed by atoms with E-state index in [1.165, 1.54) is 0 Å². The first-order valence-electron chi connectivity index (χ1n) is 6.93. The van der Waals surface area contributed by atoms with E-state index >= 15 is 0 Å². The summed E-state index contributed by atoms with van der Waals surface area (Å²) in [5.41, 5.74) is 7.63. The van der Waals surface area contributed by atoms with Crippen molar-refractivity contribution in [2.45, 2.75) is 32.7 Å². The van der Waals surface area contributed by atoms with Crippen LogP contribution in [0.25, 0.3) is 0 Å². The normalized spacial score (nSPS) is 14.8. The molecule has 4 N–H and O–H groups in total. The van der Waals surface area contributed by atoms with Crippen molar-refractivity contribution in [2.24, 2.45) is 11.7 Å². The molecule has 1 fully saturated rings. The number of halogens is 1. The van der Waals surface area contributed by atoms with Crippen LogP contribution in [0.3, 0.4) is 0 Å². The molecule has 1 aromatic carbocycles. The molecular formula is C15H22ClN3O2. The van der Waals surface area contributed by atoms with E-state index in [0.717, 1.165) is 18.4 Å². The Hall–Kier alpha value is -1.59. The molecule has 116 valence electrons. The smallest absolute Gasteiger partial charge is 0.251 e. The van der Waals surface area contributed by atoms with Crippen LogP contribution in [0, 0.1) is 12.8 Å². The molecule has 1 aromatic rings. The molecule has 1 atom stereocenters. The molecule has 1 unspecified atom stereocenters. The minimum Gasteiger partial charge on any atom is -0.349 e. The fourth-order valence-electron chi connectivity index (χ4n) is 1.76. The molecule has 0 heterocycles. The SMILES string of the molecule is Cc1ccc(C(=O)NC2CC2)cc1NC(=O)C(C)CN.Cl. The summed E-state index contributed by atoms with van der Waals surface area (Å²) >= 11 is 0. The van der Waals surface area contributed by atoms with Gasteiger partial charge in [-0.15, -0.1) is 12.4 Å². The third-order valence-electron chi connectivity index (χ3n) is 3.47. The van der Waals surface area contributed by atoms with Crippen molar-refractivity contribution in [3.05, 3.63) is 29.3 Å². The fraction of sp³-hybridized carbons (Fsp3) is 0.467. The van der Waals surface area contributed by atoms with Gasteiger partial charge in [0.25, 0.3) is 5.91 Å². The number of hydrogen-bond donors (Lipinski definition) is 3. The molecule has 2 amide bonds. The number of anilines is 1. The van der Waals surface area contributed by atoms with E-state index in [0.29, 0.717) is 23.8 Å². The predicted octanol–water partition coefficient (Wildman–Crippen LogP) is 1.84. The first-order valence-corrected chi connectivity index (χ1v) is 6.93. The van der Waals surface area contributed by atoms with Crippen molar-refractivity contribution in [3.63, 3.8) is 0 Å². The second kappa shape index (κ2) is 7.43. The molecule has 1 aliphatic carbocycles. The number of carbonyl (C=O) groups excluding carboxylic acids is 2. The lowest BCUT2D eigenvalue weighted by atomic mass is 10.1. The lowest BCUT2D eigenvalue weighted by molar-refractivity contribution is -0.119. The molecule has 0 bridgehead atoms. The Labute approximate surface area is 131 Å². The van der Waals surface area contributed by atoms with Gasteiger partial charge in [0, 0.05) is 29.8 Å². The first kappa shape index (κ1) is 17.5. The van der Waals surface area contributed by atoms with Crippen molar-refractivity contribution in [1.82, 2.24) is 5.32 Å². The average Bonchev–Trinajstić information content (AvgIpc) is 3.23. The molecular weight excluding hydrogens is 290 g/mol. The zero-order valence-electron chi connectivity index (χ0n) is 12.3. The van der Waals surface area contributed by atoms with E-state index in [2.05, 4.69) is 10.6 Å². The largest absolute Gasteiger partial charge is 0.349 e. The lowest BCUT2D eigenvalue weighted by Crippen LogP contribution is -2.28. The van der Waals surface area contributed by atoms with E-state index in [1.807, 2.05) is 13.0 Å². The Morgan fingerprint density at radius 2 is 2.05 bits per heavy atom. The Bertz CT molecular complexity index is 530. The lowest BCUT2D eigenvalue weighted by Gasteiger charge is -2.13. The Kier molecular flexibility index (Phi) is 6.18. The van der Waals surface area contributed by atoms with Crippen molar-refractivity contribution < 1.29 is 9.59 Å². The van der Waals surface area contributed by atoms with E-state index in [4.69, 9.17) is 5.73 Å². The fourth-order valence-corrected chi connectivity index (χ4v) is 1.76. The summed E-state index contributed by atoms with van der Waals surface area (Å²) in [6.07, 6.45) is 2.10.